The summed E-state index contributed by atoms with van der Waals surface area (Å²) < 4.78 is 12.5. The van der Waals surface area contributed by atoms with E-state index in [0.29, 0.717) is 6.79 Å². The van der Waals surface area contributed by atoms with Crippen LogP contribution >= 0.6 is 0 Å². The molecule has 0 N–H and O–H groups in total. The molecule has 4 heterocycles. The van der Waals surface area contributed by atoms with Crippen molar-refractivity contribution in [2.24, 2.45) is 7.05 Å². The molecule has 0 amide bonds. The van der Waals surface area contributed by atoms with Crippen LogP contribution in [0.25, 0.3) is 11.2 Å². The minimum absolute atomic E-state index is 0.313. The first-order valence-electron chi connectivity index (χ1n) is 8.64. The maximum atomic E-state index is 5.47. The number of aromatic nitrogens is 5. The number of nitrogens with zero attached hydrogens (tertiary/aromatic N) is 7. The smallest absolute Gasteiger partial charge is 0.231 e. The number of anilines is 1. The zero-order valence-electron chi connectivity index (χ0n) is 14.5. The second-order valence-corrected chi connectivity index (χ2v) is 6.53. The van der Waals surface area contributed by atoms with Crippen LogP contribution in [-0.4, -0.2) is 62.8 Å². The average Bonchev–Trinajstić information content (AvgIpc) is 3.29. The van der Waals surface area contributed by atoms with E-state index in [2.05, 4.69) is 42.2 Å². The lowest BCUT2D eigenvalue weighted by molar-refractivity contribution is 0.174. The third kappa shape index (κ3) is 2.60. The van der Waals surface area contributed by atoms with Crippen LogP contribution in [0.15, 0.2) is 24.5 Å². The molecule has 0 saturated carbocycles. The van der Waals surface area contributed by atoms with Gasteiger partial charge in [-0.2, -0.15) is 0 Å². The lowest BCUT2D eigenvalue weighted by Gasteiger charge is -2.35. The Labute approximate surface area is 150 Å². The van der Waals surface area contributed by atoms with Crippen LogP contribution in [0.3, 0.4) is 0 Å². The molecule has 2 aliphatic rings. The van der Waals surface area contributed by atoms with E-state index in [1.807, 2.05) is 13.1 Å². The number of aryl methyl sites for hydroxylation is 1. The maximum absolute atomic E-state index is 5.47. The predicted molar refractivity (Wildman–Crippen MR) is 94.2 cm³/mol. The highest BCUT2D eigenvalue weighted by Gasteiger charge is 2.22. The third-order valence-electron chi connectivity index (χ3n) is 4.88. The molecule has 26 heavy (non-hydrogen) atoms. The van der Waals surface area contributed by atoms with Crippen LogP contribution < -0.4 is 14.4 Å². The Kier molecular flexibility index (Phi) is 3.59. The van der Waals surface area contributed by atoms with Crippen LogP contribution in [0.1, 0.15) is 5.56 Å². The molecule has 0 atom stereocenters. The number of ether oxygens (including phenoxy) is 2. The van der Waals surface area contributed by atoms with E-state index < -0.39 is 0 Å². The first-order chi connectivity index (χ1) is 12.8. The Hall–Kier alpha value is -2.94. The number of hydrogen-bond acceptors (Lipinski definition) is 8. The topological polar surface area (TPSA) is 81.4 Å². The molecule has 0 aliphatic carbocycles. The van der Waals surface area contributed by atoms with Gasteiger partial charge < -0.3 is 14.4 Å². The Balaban J connectivity index is 1.27. The van der Waals surface area contributed by atoms with Crippen molar-refractivity contribution in [3.63, 3.8) is 0 Å². The molecule has 0 bridgehead atoms. The minimum Gasteiger partial charge on any atom is -0.454 e. The van der Waals surface area contributed by atoms with Crippen molar-refractivity contribution < 1.29 is 9.47 Å². The van der Waals surface area contributed by atoms with E-state index in [1.54, 1.807) is 11.0 Å². The lowest BCUT2D eigenvalue weighted by Crippen LogP contribution is -2.46. The predicted octanol–water partition coefficient (Wildman–Crippen LogP) is 0.809. The summed E-state index contributed by atoms with van der Waals surface area (Å²) in [5.41, 5.74) is 2.76. The van der Waals surface area contributed by atoms with Crippen molar-refractivity contribution in [1.29, 1.82) is 0 Å². The van der Waals surface area contributed by atoms with E-state index in [4.69, 9.17) is 9.47 Å². The highest BCUT2D eigenvalue weighted by Crippen LogP contribution is 2.33. The zero-order valence-corrected chi connectivity index (χ0v) is 14.5. The molecule has 1 fully saturated rings. The molecular weight excluding hydrogens is 334 g/mol. The standard InChI is InChI=1S/C17H19N7O2/c1-22-16-15(20-21-22)17(19-10-18-16)24-6-4-23(5-7-24)9-12-2-3-13-14(8-12)26-11-25-13/h2-3,8,10H,4-7,9,11H2,1H3. The van der Waals surface area contributed by atoms with E-state index in [1.165, 1.54) is 5.56 Å². The molecule has 134 valence electrons. The summed E-state index contributed by atoms with van der Waals surface area (Å²) in [7, 11) is 1.84. The molecular formula is C17H19N7O2. The monoisotopic (exact) mass is 353 g/mol. The van der Waals surface area contributed by atoms with Gasteiger partial charge in [-0.25, -0.2) is 14.6 Å². The van der Waals surface area contributed by atoms with E-state index >= 15 is 0 Å². The van der Waals surface area contributed by atoms with Crippen molar-refractivity contribution in [1.82, 2.24) is 29.9 Å². The quantitative estimate of drug-likeness (QED) is 0.684. The van der Waals surface area contributed by atoms with Gasteiger partial charge in [0.05, 0.1) is 0 Å². The van der Waals surface area contributed by atoms with E-state index in [-0.39, 0.29) is 0 Å². The molecule has 0 spiro atoms. The van der Waals surface area contributed by atoms with Gasteiger partial charge in [-0.1, -0.05) is 11.3 Å². The van der Waals surface area contributed by atoms with Crippen molar-refractivity contribution >= 4 is 17.0 Å². The van der Waals surface area contributed by atoms with Crippen LogP contribution in [0.4, 0.5) is 5.82 Å². The first kappa shape index (κ1) is 15.3. The minimum atomic E-state index is 0.313. The third-order valence-corrected chi connectivity index (χ3v) is 4.88. The highest BCUT2D eigenvalue weighted by atomic mass is 16.7. The maximum Gasteiger partial charge on any atom is 0.231 e. The average molecular weight is 353 g/mol. The Bertz CT molecular complexity index is 949. The molecule has 0 unspecified atom stereocenters. The number of piperazine rings is 1. The van der Waals surface area contributed by atoms with Crippen LogP contribution in [0, 0.1) is 0 Å². The van der Waals surface area contributed by atoms with Gasteiger partial charge in [-0.15, -0.1) is 5.10 Å². The second kappa shape index (κ2) is 6.10. The molecule has 1 saturated heterocycles. The fourth-order valence-corrected chi connectivity index (χ4v) is 3.49. The Morgan fingerprint density at radius 2 is 1.88 bits per heavy atom. The van der Waals surface area contributed by atoms with Gasteiger partial charge in [0.25, 0.3) is 0 Å². The van der Waals surface area contributed by atoms with Gasteiger partial charge in [0.1, 0.15) is 6.33 Å². The van der Waals surface area contributed by atoms with Gasteiger partial charge in [0, 0.05) is 39.8 Å². The Morgan fingerprint density at radius 3 is 2.77 bits per heavy atom. The zero-order chi connectivity index (χ0) is 17.5. The molecule has 2 aromatic heterocycles. The summed E-state index contributed by atoms with van der Waals surface area (Å²) in [4.78, 5) is 13.4. The summed E-state index contributed by atoms with van der Waals surface area (Å²) in [6.07, 6.45) is 1.58. The molecule has 0 radical (unpaired) electrons. The van der Waals surface area contributed by atoms with Crippen molar-refractivity contribution in [2.75, 3.05) is 37.9 Å². The van der Waals surface area contributed by atoms with Gasteiger partial charge in [0.15, 0.2) is 28.5 Å². The fourth-order valence-electron chi connectivity index (χ4n) is 3.49. The number of hydrogen-bond donors (Lipinski definition) is 0. The summed E-state index contributed by atoms with van der Waals surface area (Å²) in [6, 6.07) is 6.16. The van der Waals surface area contributed by atoms with Crippen molar-refractivity contribution in [3.8, 4) is 11.5 Å². The number of rotatable bonds is 3. The van der Waals surface area contributed by atoms with Crippen molar-refractivity contribution in [3.05, 3.63) is 30.1 Å². The summed E-state index contributed by atoms with van der Waals surface area (Å²) in [5.74, 6) is 2.54. The molecule has 2 aliphatic heterocycles. The second-order valence-electron chi connectivity index (χ2n) is 6.53. The van der Waals surface area contributed by atoms with E-state index in [9.17, 15) is 0 Å². The lowest BCUT2D eigenvalue weighted by atomic mass is 10.1. The van der Waals surface area contributed by atoms with Gasteiger partial charge in [-0.3, -0.25) is 4.90 Å². The fraction of sp³-hybridized carbons (Fsp3) is 0.412. The largest absolute Gasteiger partial charge is 0.454 e. The number of benzene rings is 1. The van der Waals surface area contributed by atoms with E-state index in [0.717, 1.165) is 61.2 Å². The summed E-state index contributed by atoms with van der Waals surface area (Å²) >= 11 is 0. The van der Waals surface area contributed by atoms with Crippen LogP contribution in [-0.2, 0) is 13.6 Å². The SMILES string of the molecule is Cn1nnc2c(N3CCN(Cc4ccc5c(c4)OCO5)CC3)ncnc21. The highest BCUT2D eigenvalue weighted by molar-refractivity contribution is 5.82. The molecule has 5 rings (SSSR count). The van der Waals surface area contributed by atoms with Crippen LogP contribution in [0.5, 0.6) is 11.5 Å². The molecule has 9 nitrogen and oxygen atoms in total. The number of fused-ring (bicyclic) bond motifs is 2. The van der Waals surface area contributed by atoms with Gasteiger partial charge in [-0.05, 0) is 17.7 Å². The molecule has 3 aromatic rings. The normalized spacial score (nSPS) is 17.2. The summed E-state index contributed by atoms with van der Waals surface area (Å²) in [6.45, 7) is 4.92. The molecule has 9 heteroatoms. The van der Waals surface area contributed by atoms with Crippen molar-refractivity contribution in [2.45, 2.75) is 6.54 Å². The van der Waals surface area contributed by atoms with Gasteiger partial charge in [0.2, 0.25) is 6.79 Å². The first-order valence-corrected chi connectivity index (χ1v) is 8.64. The van der Waals surface area contributed by atoms with Gasteiger partial charge >= 0.3 is 0 Å². The summed E-state index contributed by atoms with van der Waals surface area (Å²) in [5, 5.41) is 8.28. The Morgan fingerprint density at radius 1 is 1.04 bits per heavy atom. The van der Waals surface area contributed by atoms with Crippen LogP contribution in [0.2, 0.25) is 0 Å². The molecule has 1 aromatic carbocycles.